The Morgan fingerprint density at radius 3 is 2.53 bits per heavy atom. The maximum absolute atomic E-state index is 13.7. The van der Waals surface area contributed by atoms with Gasteiger partial charge in [0.05, 0.1) is 11.3 Å². The third-order valence-corrected chi connectivity index (χ3v) is 2.70. The zero-order chi connectivity index (χ0) is 12.7. The molecule has 2 aliphatic heterocycles. The second-order valence-corrected chi connectivity index (χ2v) is 4.31. The average Bonchev–Trinajstić information content (AvgIpc) is 2.25. The van der Waals surface area contributed by atoms with Crippen molar-refractivity contribution in [3.8, 4) is 11.4 Å². The molecule has 3 nitrogen and oxygen atoms in total. The fourth-order valence-corrected chi connectivity index (χ4v) is 1.70. The molecule has 1 N–H and O–H groups in total. The molecule has 5 heteroatoms. The largest absolute Gasteiger partial charge is 0.341 e. The van der Waals surface area contributed by atoms with Crippen LogP contribution in [0, 0.1) is 18.6 Å². The van der Waals surface area contributed by atoms with E-state index in [9.17, 15) is 13.6 Å². The fourth-order valence-electron chi connectivity index (χ4n) is 1.70. The highest BCUT2D eigenvalue weighted by Crippen LogP contribution is 2.25. The fraction of sp³-hybridized carbons (Fsp3) is 0.333. The summed E-state index contributed by atoms with van der Waals surface area (Å²) in [5, 5.41) is 0. The Labute approximate surface area is 96.9 Å². The quantitative estimate of drug-likeness (QED) is 0.830. The highest BCUT2D eigenvalue weighted by Gasteiger charge is 2.20. The van der Waals surface area contributed by atoms with Crippen molar-refractivity contribution >= 4 is 0 Å². The summed E-state index contributed by atoms with van der Waals surface area (Å²) in [6.07, 6.45) is 0. The van der Waals surface area contributed by atoms with Crippen molar-refractivity contribution in [2.75, 3.05) is 0 Å². The van der Waals surface area contributed by atoms with Crippen LogP contribution in [-0.2, 0) is 0 Å². The van der Waals surface area contributed by atoms with Crippen LogP contribution in [-0.4, -0.2) is 9.97 Å². The minimum absolute atomic E-state index is 0.0106. The van der Waals surface area contributed by atoms with Crippen LogP contribution in [0.4, 0.5) is 8.78 Å². The predicted octanol–water partition coefficient (Wildman–Crippen LogP) is 2.58. The van der Waals surface area contributed by atoms with Gasteiger partial charge in [0.2, 0.25) is 0 Å². The topological polar surface area (TPSA) is 45.8 Å². The average molecular weight is 238 g/mol. The minimum Gasteiger partial charge on any atom is -0.341 e. The molecule has 0 saturated carbocycles. The van der Waals surface area contributed by atoms with E-state index in [-0.39, 0.29) is 23.0 Å². The molecule has 0 fully saturated rings. The van der Waals surface area contributed by atoms with Gasteiger partial charge in [0, 0.05) is 5.56 Å². The van der Waals surface area contributed by atoms with Crippen molar-refractivity contribution in [3.05, 3.63) is 39.3 Å². The number of hydrogen-bond donors (Lipinski definition) is 1. The summed E-state index contributed by atoms with van der Waals surface area (Å²) in [6, 6.07) is 1.36. The maximum Gasteiger partial charge on any atom is 0.275 e. The first-order chi connectivity index (χ1) is 7.91. The van der Waals surface area contributed by atoms with Crippen LogP contribution in [0.25, 0.3) is 11.4 Å². The predicted molar refractivity (Wildman–Crippen MR) is 60.2 cm³/mol. The summed E-state index contributed by atoms with van der Waals surface area (Å²) in [4.78, 5) is 18.0. The normalized spacial score (nSPS) is 11.4. The SMILES string of the molecule is Cc1[nH]c2nc(=O)c(C(C)C)cc-2c(F)c1F. The van der Waals surface area contributed by atoms with Gasteiger partial charge in [0.25, 0.3) is 5.56 Å². The first kappa shape index (κ1) is 11.7. The molecular weight excluding hydrogens is 226 g/mol. The molecule has 17 heavy (non-hydrogen) atoms. The Morgan fingerprint density at radius 2 is 1.94 bits per heavy atom. The number of pyridine rings is 2. The van der Waals surface area contributed by atoms with Crippen molar-refractivity contribution in [1.29, 1.82) is 0 Å². The molecule has 2 aliphatic rings. The lowest BCUT2D eigenvalue weighted by atomic mass is 10.0. The molecule has 0 aromatic rings. The number of aryl methyl sites for hydroxylation is 1. The molecule has 0 aliphatic carbocycles. The zero-order valence-electron chi connectivity index (χ0n) is 9.77. The molecule has 0 aromatic carbocycles. The van der Waals surface area contributed by atoms with E-state index in [2.05, 4.69) is 9.97 Å². The van der Waals surface area contributed by atoms with E-state index >= 15 is 0 Å². The summed E-state index contributed by atoms with van der Waals surface area (Å²) in [6.45, 7) is 4.99. The Bertz CT molecular complexity index is 605. The molecule has 0 radical (unpaired) electrons. The highest BCUT2D eigenvalue weighted by atomic mass is 19.2. The van der Waals surface area contributed by atoms with E-state index in [0.29, 0.717) is 5.56 Å². The number of fused-ring (bicyclic) bond motifs is 1. The summed E-state index contributed by atoms with van der Waals surface area (Å²) < 4.78 is 27.1. The van der Waals surface area contributed by atoms with Gasteiger partial charge in [0.1, 0.15) is 5.82 Å². The molecule has 90 valence electrons. The third-order valence-electron chi connectivity index (χ3n) is 2.70. The van der Waals surface area contributed by atoms with Gasteiger partial charge in [-0.1, -0.05) is 13.8 Å². The van der Waals surface area contributed by atoms with E-state index in [4.69, 9.17) is 0 Å². The van der Waals surface area contributed by atoms with Gasteiger partial charge >= 0.3 is 0 Å². The minimum atomic E-state index is -0.967. The van der Waals surface area contributed by atoms with Gasteiger partial charge in [-0.25, -0.2) is 8.78 Å². The van der Waals surface area contributed by atoms with Gasteiger partial charge in [0.15, 0.2) is 11.6 Å². The molecule has 0 aromatic heterocycles. The Balaban J connectivity index is 2.86. The molecule has 0 bridgehead atoms. The molecular formula is C12H12F2N2O. The second-order valence-electron chi connectivity index (χ2n) is 4.31. The van der Waals surface area contributed by atoms with Gasteiger partial charge in [-0.15, -0.1) is 0 Å². The lowest BCUT2D eigenvalue weighted by Gasteiger charge is -2.11. The standard InChI is InChI=1S/C12H12F2N2O/c1-5(2)7-4-8-10(14)9(13)6(3)15-11(8)16-12(7)17/h4-5H,1-3H3,(H,15,16,17). The second kappa shape index (κ2) is 3.91. The number of nitrogens with one attached hydrogen (secondary N) is 1. The van der Waals surface area contributed by atoms with E-state index in [1.165, 1.54) is 13.0 Å². The van der Waals surface area contributed by atoms with Crippen LogP contribution in [0.1, 0.15) is 31.0 Å². The van der Waals surface area contributed by atoms with Crippen molar-refractivity contribution in [2.24, 2.45) is 0 Å². The lowest BCUT2D eigenvalue weighted by molar-refractivity contribution is 0.498. The van der Waals surface area contributed by atoms with Crippen LogP contribution in [0.3, 0.4) is 0 Å². The van der Waals surface area contributed by atoms with E-state index < -0.39 is 17.2 Å². The van der Waals surface area contributed by atoms with Crippen LogP contribution >= 0.6 is 0 Å². The van der Waals surface area contributed by atoms with Gasteiger partial charge < -0.3 is 4.98 Å². The number of hydrogen-bond acceptors (Lipinski definition) is 2. The summed E-state index contributed by atoms with van der Waals surface area (Å²) in [7, 11) is 0. The van der Waals surface area contributed by atoms with Gasteiger partial charge in [-0.05, 0) is 18.9 Å². The number of halogens is 2. The molecule has 2 heterocycles. The van der Waals surface area contributed by atoms with Crippen molar-refractivity contribution in [2.45, 2.75) is 26.7 Å². The summed E-state index contributed by atoms with van der Waals surface area (Å²) in [5.74, 6) is -1.91. The van der Waals surface area contributed by atoms with Crippen LogP contribution in [0.2, 0.25) is 0 Å². The molecule has 0 spiro atoms. The van der Waals surface area contributed by atoms with Crippen molar-refractivity contribution < 1.29 is 8.78 Å². The molecule has 0 saturated heterocycles. The maximum atomic E-state index is 13.7. The first-order valence-corrected chi connectivity index (χ1v) is 5.30. The van der Waals surface area contributed by atoms with Crippen LogP contribution in [0.15, 0.2) is 10.9 Å². The van der Waals surface area contributed by atoms with E-state index in [1.807, 2.05) is 0 Å². The van der Waals surface area contributed by atoms with E-state index in [1.54, 1.807) is 13.8 Å². The number of rotatable bonds is 1. The molecule has 2 rings (SSSR count). The monoisotopic (exact) mass is 238 g/mol. The van der Waals surface area contributed by atoms with Gasteiger partial charge in [-0.3, -0.25) is 4.79 Å². The Kier molecular flexibility index (Phi) is 2.69. The Morgan fingerprint density at radius 1 is 1.29 bits per heavy atom. The first-order valence-electron chi connectivity index (χ1n) is 5.30. The van der Waals surface area contributed by atoms with Gasteiger partial charge in [-0.2, -0.15) is 4.98 Å². The van der Waals surface area contributed by atoms with Crippen LogP contribution < -0.4 is 5.56 Å². The zero-order valence-corrected chi connectivity index (χ0v) is 9.77. The summed E-state index contributed by atoms with van der Waals surface area (Å²) in [5.41, 5.74) is 0.0119. The van der Waals surface area contributed by atoms with E-state index in [0.717, 1.165) is 0 Å². The van der Waals surface area contributed by atoms with Crippen molar-refractivity contribution in [1.82, 2.24) is 9.97 Å². The molecule has 0 atom stereocenters. The number of aromatic amines is 1. The molecule has 0 unspecified atom stereocenters. The van der Waals surface area contributed by atoms with Crippen LogP contribution in [0.5, 0.6) is 0 Å². The summed E-state index contributed by atoms with van der Waals surface area (Å²) >= 11 is 0. The smallest absolute Gasteiger partial charge is 0.275 e. The van der Waals surface area contributed by atoms with Crippen molar-refractivity contribution in [3.63, 3.8) is 0 Å². The lowest BCUT2D eigenvalue weighted by Crippen LogP contribution is -2.17. The number of aromatic nitrogens is 2. The molecule has 0 amide bonds. The number of H-pyrrole nitrogens is 1. The highest BCUT2D eigenvalue weighted by molar-refractivity contribution is 5.59. The Hall–Kier alpha value is -1.78. The number of nitrogens with zero attached hydrogens (tertiary/aromatic N) is 1. The third kappa shape index (κ3) is 1.81.